The topological polar surface area (TPSA) is 80.1 Å². The number of rotatable bonds is 5. The number of benzene rings is 2. The summed E-state index contributed by atoms with van der Waals surface area (Å²) in [5.74, 6) is 1.20. The van der Waals surface area contributed by atoms with Crippen LogP contribution in [0.3, 0.4) is 0 Å². The first-order valence-corrected chi connectivity index (χ1v) is 10.5. The number of aromatic nitrogens is 4. The van der Waals surface area contributed by atoms with Gasteiger partial charge in [-0.2, -0.15) is 4.98 Å². The van der Waals surface area contributed by atoms with Crippen LogP contribution in [0, 0.1) is 0 Å². The first-order chi connectivity index (χ1) is 15.2. The van der Waals surface area contributed by atoms with E-state index in [1.165, 1.54) is 5.69 Å². The van der Waals surface area contributed by atoms with Gasteiger partial charge in [0.25, 0.3) is 0 Å². The summed E-state index contributed by atoms with van der Waals surface area (Å²) in [6.45, 7) is 3.39. The monoisotopic (exact) mass is 435 g/mol. The van der Waals surface area contributed by atoms with Crippen LogP contribution in [-0.4, -0.2) is 45.8 Å². The van der Waals surface area contributed by atoms with Crippen molar-refractivity contribution in [1.82, 2.24) is 19.5 Å². The van der Waals surface area contributed by atoms with E-state index in [-0.39, 0.29) is 0 Å². The summed E-state index contributed by atoms with van der Waals surface area (Å²) >= 11 is 5.95. The molecule has 2 aromatic carbocycles. The lowest BCUT2D eigenvalue weighted by molar-refractivity contribution is 0.122. The van der Waals surface area contributed by atoms with Crippen LogP contribution in [0.1, 0.15) is 0 Å². The summed E-state index contributed by atoms with van der Waals surface area (Å²) in [5.41, 5.74) is 4.48. The molecule has 158 valence electrons. The molecule has 1 fully saturated rings. The molecule has 9 heteroatoms. The fraction of sp³-hybridized carbons (Fsp3) is 0.227. The zero-order valence-electron chi connectivity index (χ0n) is 17.0. The van der Waals surface area contributed by atoms with Crippen LogP contribution in [0.25, 0.3) is 11.2 Å². The van der Waals surface area contributed by atoms with Crippen molar-refractivity contribution >= 4 is 51.7 Å². The molecule has 2 aromatic heterocycles. The number of ether oxygens (including phenoxy) is 1. The highest BCUT2D eigenvalue weighted by Crippen LogP contribution is 2.24. The van der Waals surface area contributed by atoms with Crippen molar-refractivity contribution in [3.8, 4) is 0 Å². The van der Waals surface area contributed by atoms with E-state index in [1.807, 2.05) is 35.9 Å². The Bertz CT molecular complexity index is 1190. The number of hydrogen-bond donors (Lipinski definition) is 2. The third kappa shape index (κ3) is 4.26. The predicted octanol–water partition coefficient (Wildman–Crippen LogP) is 4.34. The number of halogens is 1. The van der Waals surface area contributed by atoms with Gasteiger partial charge in [0.05, 0.1) is 19.4 Å². The Hall–Kier alpha value is -3.36. The molecule has 1 saturated heterocycles. The van der Waals surface area contributed by atoms with Crippen LogP contribution in [-0.2, 0) is 11.8 Å². The van der Waals surface area contributed by atoms with Crippen molar-refractivity contribution < 1.29 is 4.74 Å². The Labute approximate surface area is 184 Å². The standard InChI is InChI=1S/C22H22ClN7O/c1-29-20-19(14-24-21(28-20)25-16-4-2-15(23)3-5-16)27-22(29)26-17-6-8-18(9-7-17)30-10-12-31-13-11-30/h2-9,14H,10-13H2,1H3,(H,26,27)(H,24,25,28). The SMILES string of the molecule is Cn1c(Nc2ccc(N3CCOCC3)cc2)nc2cnc(Nc3ccc(Cl)cc3)nc21. The first kappa shape index (κ1) is 19.6. The molecule has 31 heavy (non-hydrogen) atoms. The maximum atomic E-state index is 5.95. The Morgan fingerprint density at radius 1 is 0.903 bits per heavy atom. The summed E-state index contributed by atoms with van der Waals surface area (Å²) in [7, 11) is 1.93. The van der Waals surface area contributed by atoms with E-state index >= 15 is 0 Å². The largest absolute Gasteiger partial charge is 0.378 e. The minimum atomic E-state index is 0.499. The summed E-state index contributed by atoms with van der Waals surface area (Å²) < 4.78 is 7.34. The second kappa shape index (κ2) is 8.41. The molecule has 0 atom stereocenters. The van der Waals surface area contributed by atoms with Crippen LogP contribution in [0.15, 0.2) is 54.7 Å². The van der Waals surface area contributed by atoms with E-state index in [4.69, 9.17) is 16.3 Å². The Kier molecular flexibility index (Phi) is 5.31. The van der Waals surface area contributed by atoms with Gasteiger partial charge in [-0.1, -0.05) is 11.6 Å². The van der Waals surface area contributed by atoms with Gasteiger partial charge in [0, 0.05) is 42.2 Å². The number of anilines is 5. The molecule has 2 N–H and O–H groups in total. The second-order valence-electron chi connectivity index (χ2n) is 7.30. The number of nitrogens with zero attached hydrogens (tertiary/aromatic N) is 5. The average molecular weight is 436 g/mol. The summed E-state index contributed by atoms with van der Waals surface area (Å²) in [6, 6.07) is 15.7. The summed E-state index contributed by atoms with van der Waals surface area (Å²) in [4.78, 5) is 16.0. The van der Waals surface area contributed by atoms with Crippen molar-refractivity contribution in [2.45, 2.75) is 0 Å². The molecule has 0 bridgehead atoms. The van der Waals surface area contributed by atoms with E-state index in [0.717, 1.165) is 48.8 Å². The zero-order valence-corrected chi connectivity index (χ0v) is 17.8. The van der Waals surface area contributed by atoms with Gasteiger partial charge in [0.1, 0.15) is 5.52 Å². The number of hydrogen-bond acceptors (Lipinski definition) is 7. The lowest BCUT2D eigenvalue weighted by Crippen LogP contribution is -2.36. The molecule has 1 aliphatic rings. The quantitative estimate of drug-likeness (QED) is 0.482. The zero-order chi connectivity index (χ0) is 21.2. The average Bonchev–Trinajstić information content (AvgIpc) is 3.11. The van der Waals surface area contributed by atoms with E-state index < -0.39 is 0 Å². The molecule has 3 heterocycles. The van der Waals surface area contributed by atoms with Gasteiger partial charge in [-0.15, -0.1) is 0 Å². The van der Waals surface area contributed by atoms with Crippen molar-refractivity contribution in [3.63, 3.8) is 0 Å². The van der Waals surface area contributed by atoms with E-state index in [2.05, 4.69) is 54.8 Å². The number of morpholine rings is 1. The van der Waals surface area contributed by atoms with E-state index in [0.29, 0.717) is 16.9 Å². The maximum Gasteiger partial charge on any atom is 0.229 e. The molecular weight excluding hydrogens is 414 g/mol. The Morgan fingerprint density at radius 3 is 2.32 bits per heavy atom. The van der Waals surface area contributed by atoms with Gasteiger partial charge in [0.2, 0.25) is 11.9 Å². The smallest absolute Gasteiger partial charge is 0.229 e. The highest BCUT2D eigenvalue weighted by atomic mass is 35.5. The molecule has 0 radical (unpaired) electrons. The molecule has 5 rings (SSSR count). The molecule has 4 aromatic rings. The normalized spacial score (nSPS) is 14.1. The van der Waals surface area contributed by atoms with Crippen LogP contribution in [0.5, 0.6) is 0 Å². The van der Waals surface area contributed by atoms with Crippen LogP contribution >= 0.6 is 11.6 Å². The Balaban J connectivity index is 1.34. The van der Waals surface area contributed by atoms with Crippen molar-refractivity contribution in [1.29, 1.82) is 0 Å². The first-order valence-electron chi connectivity index (χ1n) is 10.1. The number of nitrogens with one attached hydrogen (secondary N) is 2. The second-order valence-corrected chi connectivity index (χ2v) is 7.74. The minimum Gasteiger partial charge on any atom is -0.378 e. The van der Waals surface area contributed by atoms with Gasteiger partial charge in [-0.3, -0.25) is 4.57 Å². The third-order valence-corrected chi connectivity index (χ3v) is 5.46. The summed E-state index contributed by atoms with van der Waals surface area (Å²) in [6.07, 6.45) is 1.72. The molecule has 0 saturated carbocycles. The summed E-state index contributed by atoms with van der Waals surface area (Å²) in [5, 5.41) is 7.25. The maximum absolute atomic E-state index is 5.95. The molecule has 0 aliphatic carbocycles. The Morgan fingerprint density at radius 2 is 1.58 bits per heavy atom. The number of aryl methyl sites for hydroxylation is 1. The van der Waals surface area contributed by atoms with Crippen molar-refractivity contribution in [3.05, 3.63) is 59.8 Å². The number of imidazole rings is 1. The molecule has 1 aliphatic heterocycles. The molecule has 0 unspecified atom stereocenters. The lowest BCUT2D eigenvalue weighted by Gasteiger charge is -2.28. The van der Waals surface area contributed by atoms with Gasteiger partial charge >= 0.3 is 0 Å². The fourth-order valence-corrected chi connectivity index (χ4v) is 3.65. The molecule has 8 nitrogen and oxygen atoms in total. The highest BCUT2D eigenvalue weighted by Gasteiger charge is 2.13. The fourth-order valence-electron chi connectivity index (χ4n) is 3.52. The van der Waals surface area contributed by atoms with Gasteiger partial charge in [-0.25, -0.2) is 9.97 Å². The van der Waals surface area contributed by atoms with Crippen molar-refractivity contribution in [2.24, 2.45) is 7.05 Å². The van der Waals surface area contributed by atoms with Crippen LogP contribution in [0.4, 0.5) is 29.0 Å². The molecule has 0 amide bonds. The van der Waals surface area contributed by atoms with Gasteiger partial charge in [0.15, 0.2) is 5.65 Å². The minimum absolute atomic E-state index is 0.499. The molecular formula is C22H22ClN7O. The molecule has 0 spiro atoms. The van der Waals surface area contributed by atoms with Gasteiger partial charge < -0.3 is 20.3 Å². The van der Waals surface area contributed by atoms with Crippen molar-refractivity contribution in [2.75, 3.05) is 41.8 Å². The predicted molar refractivity (Wildman–Crippen MR) is 124 cm³/mol. The third-order valence-electron chi connectivity index (χ3n) is 5.21. The highest BCUT2D eigenvalue weighted by molar-refractivity contribution is 6.30. The van der Waals surface area contributed by atoms with Gasteiger partial charge in [-0.05, 0) is 48.5 Å². The van der Waals surface area contributed by atoms with Crippen LogP contribution < -0.4 is 15.5 Å². The van der Waals surface area contributed by atoms with E-state index in [9.17, 15) is 0 Å². The number of fused-ring (bicyclic) bond motifs is 1. The van der Waals surface area contributed by atoms with E-state index in [1.54, 1.807) is 6.20 Å². The van der Waals surface area contributed by atoms with Crippen LogP contribution in [0.2, 0.25) is 5.02 Å². The lowest BCUT2D eigenvalue weighted by atomic mass is 10.2.